The SMILES string of the molecule is COC(=O)[C@H](C)NC(=O)CCC1CC(OC(=O)NCc2ccc3c(c2)OCO3)CC2(CCCC(COC(=O)NCCC(C)C)O2)O1. The number of hydrogen-bond acceptors (Lipinski definition) is 11. The molecule has 2 fully saturated rings. The zero-order valence-corrected chi connectivity index (χ0v) is 27.1. The van der Waals surface area contributed by atoms with Gasteiger partial charge in [-0.1, -0.05) is 19.9 Å². The fourth-order valence-electron chi connectivity index (χ4n) is 5.71. The van der Waals surface area contributed by atoms with Gasteiger partial charge in [0, 0.05) is 38.8 Å². The van der Waals surface area contributed by atoms with Gasteiger partial charge in [0.05, 0.1) is 19.3 Å². The van der Waals surface area contributed by atoms with Gasteiger partial charge in [0.15, 0.2) is 17.3 Å². The molecular formula is C32H47N3O11. The van der Waals surface area contributed by atoms with Crippen molar-refractivity contribution in [2.45, 2.75) is 109 Å². The Bertz CT molecular complexity index is 1210. The van der Waals surface area contributed by atoms with Gasteiger partial charge in [0.1, 0.15) is 18.8 Å². The highest BCUT2D eigenvalue weighted by molar-refractivity contribution is 5.84. The van der Waals surface area contributed by atoms with Gasteiger partial charge >= 0.3 is 18.2 Å². The van der Waals surface area contributed by atoms with Gasteiger partial charge in [0.2, 0.25) is 12.7 Å². The van der Waals surface area contributed by atoms with E-state index < -0.39 is 48.3 Å². The summed E-state index contributed by atoms with van der Waals surface area (Å²) in [5.74, 6) is -0.226. The van der Waals surface area contributed by atoms with Crippen molar-refractivity contribution in [3.05, 3.63) is 23.8 Å². The predicted octanol–water partition coefficient (Wildman–Crippen LogP) is 3.68. The van der Waals surface area contributed by atoms with E-state index in [-0.39, 0.29) is 38.7 Å². The minimum absolute atomic E-state index is 0.0542. The summed E-state index contributed by atoms with van der Waals surface area (Å²) in [4.78, 5) is 49.4. The minimum atomic E-state index is -1.08. The molecule has 4 rings (SSSR count). The van der Waals surface area contributed by atoms with Gasteiger partial charge in [-0.3, -0.25) is 4.79 Å². The lowest BCUT2D eigenvalue weighted by atomic mass is 9.90. The summed E-state index contributed by atoms with van der Waals surface area (Å²) in [7, 11) is 1.26. The van der Waals surface area contributed by atoms with E-state index >= 15 is 0 Å². The third-order valence-corrected chi connectivity index (χ3v) is 8.08. The van der Waals surface area contributed by atoms with Crippen LogP contribution < -0.4 is 25.4 Å². The van der Waals surface area contributed by atoms with E-state index in [2.05, 4.69) is 34.5 Å². The van der Waals surface area contributed by atoms with Crippen molar-refractivity contribution in [3.63, 3.8) is 0 Å². The van der Waals surface area contributed by atoms with Crippen LogP contribution in [0.15, 0.2) is 18.2 Å². The monoisotopic (exact) mass is 649 g/mol. The van der Waals surface area contributed by atoms with Crippen molar-refractivity contribution in [2.24, 2.45) is 5.92 Å². The first-order chi connectivity index (χ1) is 22.0. The number of nitrogens with one attached hydrogen (secondary N) is 3. The highest BCUT2D eigenvalue weighted by Gasteiger charge is 2.47. The Labute approximate surface area is 269 Å². The van der Waals surface area contributed by atoms with E-state index in [4.69, 9.17) is 28.4 Å². The Morgan fingerprint density at radius 3 is 2.59 bits per heavy atom. The molecule has 256 valence electrons. The van der Waals surface area contributed by atoms with Crippen molar-refractivity contribution in [1.29, 1.82) is 0 Å². The van der Waals surface area contributed by atoms with E-state index in [1.165, 1.54) is 7.11 Å². The number of carbonyl (C=O) groups is 4. The van der Waals surface area contributed by atoms with Crippen molar-refractivity contribution < 1.29 is 52.3 Å². The van der Waals surface area contributed by atoms with E-state index in [0.717, 1.165) is 18.4 Å². The summed E-state index contributed by atoms with van der Waals surface area (Å²) in [5.41, 5.74) is 0.821. The molecule has 0 bridgehead atoms. The second-order valence-corrected chi connectivity index (χ2v) is 12.3. The van der Waals surface area contributed by atoms with Crippen molar-refractivity contribution in [2.75, 3.05) is 27.1 Å². The van der Waals surface area contributed by atoms with E-state index in [9.17, 15) is 19.2 Å². The van der Waals surface area contributed by atoms with Crippen LogP contribution in [-0.4, -0.2) is 81.3 Å². The third kappa shape index (κ3) is 10.6. The molecule has 0 aromatic heterocycles. The summed E-state index contributed by atoms with van der Waals surface area (Å²) >= 11 is 0. The summed E-state index contributed by atoms with van der Waals surface area (Å²) in [6, 6.07) is 4.64. The fourth-order valence-corrected chi connectivity index (χ4v) is 5.71. The standard InChI is InChI=1S/C32H47N3O11/c1-20(2)11-13-33-30(38)41-18-24-6-5-12-32(46-24)16-25(15-23(45-32)8-10-28(36)35-21(3)29(37)40-4)44-31(39)34-17-22-7-9-26-27(14-22)43-19-42-26/h7,9,14,20-21,23-25H,5-6,8,10-13,15-19H2,1-4H3,(H,33,38)(H,34,39)(H,35,36)/t21-,23?,24?,25?,32?/m0/s1. The molecule has 3 heterocycles. The summed E-state index contributed by atoms with van der Waals surface area (Å²) < 4.78 is 39.6. The van der Waals surface area contributed by atoms with Crippen molar-refractivity contribution >= 4 is 24.1 Å². The Balaban J connectivity index is 1.35. The molecule has 1 aromatic carbocycles. The average molecular weight is 650 g/mol. The lowest BCUT2D eigenvalue weighted by molar-refractivity contribution is -0.329. The van der Waals surface area contributed by atoms with Crippen LogP contribution in [-0.2, 0) is 39.8 Å². The zero-order valence-electron chi connectivity index (χ0n) is 27.1. The Morgan fingerprint density at radius 1 is 1.02 bits per heavy atom. The molecule has 3 aliphatic rings. The van der Waals surface area contributed by atoms with Crippen LogP contribution in [0.2, 0.25) is 0 Å². The van der Waals surface area contributed by atoms with Gasteiger partial charge in [-0.05, 0) is 56.2 Å². The molecule has 0 saturated carbocycles. The van der Waals surface area contributed by atoms with Crippen molar-refractivity contribution in [3.8, 4) is 11.5 Å². The maximum Gasteiger partial charge on any atom is 0.407 e. The Morgan fingerprint density at radius 2 is 1.80 bits per heavy atom. The molecule has 5 atom stereocenters. The second-order valence-electron chi connectivity index (χ2n) is 12.3. The number of methoxy groups -OCH3 is 1. The van der Waals surface area contributed by atoms with Gasteiger partial charge in [-0.25, -0.2) is 14.4 Å². The molecule has 14 heteroatoms. The number of hydrogen-bond donors (Lipinski definition) is 3. The number of carbonyl (C=O) groups excluding carboxylic acids is 4. The predicted molar refractivity (Wildman–Crippen MR) is 163 cm³/mol. The van der Waals surface area contributed by atoms with Crippen LogP contribution in [0.1, 0.15) is 77.7 Å². The summed E-state index contributed by atoms with van der Waals surface area (Å²) in [5, 5.41) is 8.16. The summed E-state index contributed by atoms with van der Waals surface area (Å²) in [6.45, 7) is 6.67. The maximum absolute atomic E-state index is 12.9. The molecular weight excluding hydrogens is 602 g/mol. The third-order valence-electron chi connectivity index (χ3n) is 8.08. The molecule has 3 aliphatic heterocycles. The average Bonchev–Trinajstić information content (AvgIpc) is 3.49. The van der Waals surface area contributed by atoms with Gasteiger partial charge < -0.3 is 49.1 Å². The number of ether oxygens (including phenoxy) is 7. The number of esters is 1. The van der Waals surface area contributed by atoms with E-state index in [1.54, 1.807) is 19.1 Å². The first-order valence-electron chi connectivity index (χ1n) is 16.0. The van der Waals surface area contributed by atoms with Crippen LogP contribution in [0, 0.1) is 5.92 Å². The Kier molecular flexibility index (Phi) is 12.7. The topological polar surface area (TPSA) is 169 Å². The van der Waals surface area contributed by atoms with E-state index in [0.29, 0.717) is 49.6 Å². The maximum atomic E-state index is 12.9. The fraction of sp³-hybridized carbons (Fsp3) is 0.688. The lowest BCUT2D eigenvalue weighted by Crippen LogP contribution is -2.53. The van der Waals surface area contributed by atoms with Crippen LogP contribution >= 0.6 is 0 Å². The second kappa shape index (κ2) is 16.7. The highest BCUT2D eigenvalue weighted by Crippen LogP contribution is 2.41. The molecule has 3 N–H and O–H groups in total. The first-order valence-corrected chi connectivity index (χ1v) is 16.0. The smallest absolute Gasteiger partial charge is 0.407 e. The molecule has 14 nitrogen and oxygen atoms in total. The van der Waals surface area contributed by atoms with Crippen LogP contribution in [0.25, 0.3) is 0 Å². The minimum Gasteiger partial charge on any atom is -0.467 e. The molecule has 0 radical (unpaired) electrons. The van der Waals surface area contributed by atoms with Crippen molar-refractivity contribution in [1.82, 2.24) is 16.0 Å². The number of benzene rings is 1. The first kappa shape index (κ1) is 35.1. The molecule has 3 amide bonds. The molecule has 1 aromatic rings. The highest BCUT2D eigenvalue weighted by atomic mass is 16.7. The van der Waals surface area contributed by atoms with Gasteiger partial charge in [0.25, 0.3) is 0 Å². The molecule has 2 saturated heterocycles. The number of rotatable bonds is 13. The number of amides is 3. The van der Waals surface area contributed by atoms with Crippen LogP contribution in [0.4, 0.5) is 9.59 Å². The molecule has 46 heavy (non-hydrogen) atoms. The lowest BCUT2D eigenvalue weighted by Gasteiger charge is -2.47. The number of alkyl carbamates (subject to hydrolysis) is 2. The van der Waals surface area contributed by atoms with Crippen LogP contribution in [0.5, 0.6) is 11.5 Å². The van der Waals surface area contributed by atoms with Gasteiger partial charge in [-0.2, -0.15) is 0 Å². The zero-order chi connectivity index (χ0) is 33.1. The van der Waals surface area contributed by atoms with Crippen LogP contribution in [0.3, 0.4) is 0 Å². The number of fused-ring (bicyclic) bond motifs is 1. The largest absolute Gasteiger partial charge is 0.467 e. The molecule has 0 aliphatic carbocycles. The normalized spacial score (nSPS) is 24.2. The molecule has 1 spiro atoms. The Hall–Kier alpha value is -3.78. The quantitative estimate of drug-likeness (QED) is 0.211. The van der Waals surface area contributed by atoms with E-state index in [1.807, 2.05) is 6.07 Å². The summed E-state index contributed by atoms with van der Waals surface area (Å²) in [6.07, 6.45) is 1.28. The molecule has 4 unspecified atom stereocenters. The van der Waals surface area contributed by atoms with Gasteiger partial charge in [-0.15, -0.1) is 0 Å².